The largest absolute Gasteiger partial charge is 0.295 e. The lowest BCUT2D eigenvalue weighted by molar-refractivity contribution is 0.570. The van der Waals surface area contributed by atoms with Gasteiger partial charge in [-0.05, 0) is 6.07 Å². The number of imidazole rings is 1. The SMILES string of the molecule is CC(C)(C)c1cc2nc3c4ccccc4c(F)cn3c2cn1. The van der Waals surface area contributed by atoms with Crippen LogP contribution in [-0.2, 0) is 5.41 Å². The van der Waals surface area contributed by atoms with Gasteiger partial charge in [-0.15, -0.1) is 0 Å². The molecule has 0 bridgehead atoms. The van der Waals surface area contributed by atoms with E-state index in [0.29, 0.717) is 5.39 Å². The van der Waals surface area contributed by atoms with Crippen molar-refractivity contribution >= 4 is 27.5 Å². The standard InChI is InChI=1S/C18H16FN3/c1-18(2,3)16-8-14-15(9-20-16)22-10-13(19)11-6-4-5-7-12(11)17(22)21-14/h4-10H,1-3H3. The second kappa shape index (κ2) is 4.26. The molecule has 0 fully saturated rings. The Morgan fingerprint density at radius 2 is 1.82 bits per heavy atom. The van der Waals surface area contributed by atoms with Gasteiger partial charge in [-0.25, -0.2) is 9.37 Å². The first-order chi connectivity index (χ1) is 10.4. The van der Waals surface area contributed by atoms with Gasteiger partial charge in [0.2, 0.25) is 0 Å². The van der Waals surface area contributed by atoms with Crippen LogP contribution in [0.4, 0.5) is 4.39 Å². The highest BCUT2D eigenvalue weighted by molar-refractivity contribution is 5.98. The van der Waals surface area contributed by atoms with Gasteiger partial charge in [-0.3, -0.25) is 9.38 Å². The highest BCUT2D eigenvalue weighted by Crippen LogP contribution is 2.28. The molecule has 0 unspecified atom stereocenters. The van der Waals surface area contributed by atoms with Crippen molar-refractivity contribution in [2.75, 3.05) is 0 Å². The number of benzene rings is 1. The normalized spacial score (nSPS) is 12.5. The molecule has 3 nitrogen and oxygen atoms in total. The van der Waals surface area contributed by atoms with Crippen LogP contribution in [-0.4, -0.2) is 14.4 Å². The van der Waals surface area contributed by atoms with Crippen molar-refractivity contribution in [1.29, 1.82) is 0 Å². The van der Waals surface area contributed by atoms with Crippen LogP contribution < -0.4 is 0 Å². The molecule has 0 saturated heterocycles. The van der Waals surface area contributed by atoms with E-state index in [1.807, 2.05) is 24.3 Å². The molecule has 4 heteroatoms. The Balaban J connectivity index is 2.15. The molecule has 110 valence electrons. The van der Waals surface area contributed by atoms with Crippen LogP contribution in [0.3, 0.4) is 0 Å². The third kappa shape index (κ3) is 1.80. The maximum atomic E-state index is 14.3. The molecule has 22 heavy (non-hydrogen) atoms. The molecular weight excluding hydrogens is 277 g/mol. The highest BCUT2D eigenvalue weighted by atomic mass is 19.1. The van der Waals surface area contributed by atoms with E-state index in [1.165, 1.54) is 6.20 Å². The van der Waals surface area contributed by atoms with Crippen LogP contribution in [0.5, 0.6) is 0 Å². The molecule has 0 aliphatic carbocycles. The van der Waals surface area contributed by atoms with Gasteiger partial charge in [-0.1, -0.05) is 45.0 Å². The van der Waals surface area contributed by atoms with E-state index in [0.717, 1.165) is 27.8 Å². The summed E-state index contributed by atoms with van der Waals surface area (Å²) in [6.45, 7) is 6.35. The van der Waals surface area contributed by atoms with E-state index < -0.39 is 0 Å². The van der Waals surface area contributed by atoms with Gasteiger partial charge in [0.1, 0.15) is 11.5 Å². The second-order valence-electron chi connectivity index (χ2n) is 6.64. The molecule has 0 saturated carbocycles. The fraction of sp³-hybridized carbons (Fsp3) is 0.222. The number of nitrogens with zero attached hydrogens (tertiary/aromatic N) is 3. The maximum absolute atomic E-state index is 14.3. The van der Waals surface area contributed by atoms with Gasteiger partial charge < -0.3 is 0 Å². The average Bonchev–Trinajstić information content (AvgIpc) is 2.85. The van der Waals surface area contributed by atoms with Crippen LogP contribution in [0, 0.1) is 5.82 Å². The zero-order valence-electron chi connectivity index (χ0n) is 12.8. The summed E-state index contributed by atoms with van der Waals surface area (Å²) < 4.78 is 16.1. The number of pyridine rings is 2. The van der Waals surface area contributed by atoms with Crippen LogP contribution >= 0.6 is 0 Å². The molecule has 0 spiro atoms. The van der Waals surface area contributed by atoms with Gasteiger partial charge in [0.25, 0.3) is 0 Å². The third-order valence-electron chi connectivity index (χ3n) is 4.01. The maximum Gasteiger partial charge on any atom is 0.147 e. The Morgan fingerprint density at radius 3 is 2.55 bits per heavy atom. The van der Waals surface area contributed by atoms with Crippen molar-refractivity contribution in [2.24, 2.45) is 0 Å². The Labute approximate surface area is 127 Å². The molecule has 0 aliphatic rings. The number of hydrogen-bond acceptors (Lipinski definition) is 2. The summed E-state index contributed by atoms with van der Waals surface area (Å²) in [5, 5.41) is 1.41. The lowest BCUT2D eigenvalue weighted by Gasteiger charge is -2.16. The molecule has 4 aromatic rings. The van der Waals surface area contributed by atoms with Crippen molar-refractivity contribution in [2.45, 2.75) is 26.2 Å². The summed E-state index contributed by atoms with van der Waals surface area (Å²) in [7, 11) is 0. The first kappa shape index (κ1) is 13.2. The fourth-order valence-electron chi connectivity index (χ4n) is 2.79. The molecule has 4 rings (SSSR count). The number of aromatic nitrogens is 3. The smallest absolute Gasteiger partial charge is 0.147 e. The molecule has 0 aliphatic heterocycles. The Morgan fingerprint density at radius 1 is 1.09 bits per heavy atom. The van der Waals surface area contributed by atoms with E-state index >= 15 is 0 Å². The van der Waals surface area contributed by atoms with E-state index in [2.05, 4.69) is 25.8 Å². The summed E-state index contributed by atoms with van der Waals surface area (Å²) in [4.78, 5) is 9.24. The van der Waals surface area contributed by atoms with Gasteiger partial charge in [0.05, 0.1) is 17.2 Å². The molecule has 0 radical (unpaired) electrons. The first-order valence-electron chi connectivity index (χ1n) is 7.31. The average molecular weight is 293 g/mol. The molecule has 1 aromatic carbocycles. The lowest BCUT2D eigenvalue weighted by atomic mass is 9.91. The van der Waals surface area contributed by atoms with Crippen molar-refractivity contribution < 1.29 is 4.39 Å². The van der Waals surface area contributed by atoms with E-state index in [-0.39, 0.29) is 11.2 Å². The first-order valence-corrected chi connectivity index (χ1v) is 7.31. The molecule has 3 heterocycles. The third-order valence-corrected chi connectivity index (χ3v) is 4.01. The minimum Gasteiger partial charge on any atom is -0.295 e. The quantitative estimate of drug-likeness (QED) is 0.479. The van der Waals surface area contributed by atoms with Gasteiger partial charge in [0, 0.05) is 28.1 Å². The lowest BCUT2D eigenvalue weighted by Crippen LogP contribution is -2.13. The Hall–Kier alpha value is -2.49. The van der Waals surface area contributed by atoms with Crippen LogP contribution in [0.1, 0.15) is 26.5 Å². The molecular formula is C18H16FN3. The monoisotopic (exact) mass is 293 g/mol. The zero-order chi connectivity index (χ0) is 15.5. The van der Waals surface area contributed by atoms with E-state index in [4.69, 9.17) is 4.98 Å². The van der Waals surface area contributed by atoms with Gasteiger partial charge in [0.15, 0.2) is 0 Å². The Kier molecular flexibility index (Phi) is 2.55. The van der Waals surface area contributed by atoms with Crippen molar-refractivity contribution in [1.82, 2.24) is 14.4 Å². The predicted octanol–water partition coefficient (Wildman–Crippen LogP) is 4.47. The molecule has 0 amide bonds. The van der Waals surface area contributed by atoms with Crippen LogP contribution in [0.2, 0.25) is 0 Å². The summed E-state index contributed by atoms with van der Waals surface area (Å²) in [6, 6.07) is 9.42. The summed E-state index contributed by atoms with van der Waals surface area (Å²) in [6.07, 6.45) is 3.27. The minimum atomic E-state index is -0.248. The molecule has 0 atom stereocenters. The minimum absolute atomic E-state index is 0.0443. The second-order valence-corrected chi connectivity index (χ2v) is 6.64. The van der Waals surface area contributed by atoms with Crippen molar-refractivity contribution in [3.8, 4) is 0 Å². The topological polar surface area (TPSA) is 30.2 Å². The van der Waals surface area contributed by atoms with Crippen LogP contribution in [0.25, 0.3) is 27.5 Å². The number of rotatable bonds is 0. The Bertz CT molecular complexity index is 1030. The summed E-state index contributed by atoms with van der Waals surface area (Å²) in [5.74, 6) is -0.248. The molecule has 3 aromatic heterocycles. The van der Waals surface area contributed by atoms with Gasteiger partial charge >= 0.3 is 0 Å². The van der Waals surface area contributed by atoms with E-state index in [1.54, 1.807) is 16.7 Å². The zero-order valence-corrected chi connectivity index (χ0v) is 12.8. The number of halogens is 1. The van der Waals surface area contributed by atoms with Crippen molar-refractivity contribution in [3.63, 3.8) is 0 Å². The predicted molar refractivity (Wildman–Crippen MR) is 86.7 cm³/mol. The van der Waals surface area contributed by atoms with Crippen molar-refractivity contribution in [3.05, 3.63) is 54.2 Å². The number of hydrogen-bond donors (Lipinski definition) is 0. The number of fused-ring (bicyclic) bond motifs is 5. The van der Waals surface area contributed by atoms with Crippen LogP contribution in [0.15, 0.2) is 42.7 Å². The molecule has 0 N–H and O–H groups in total. The summed E-state index contributed by atoms with van der Waals surface area (Å²) in [5.41, 5.74) is 3.37. The van der Waals surface area contributed by atoms with E-state index in [9.17, 15) is 4.39 Å². The summed E-state index contributed by atoms with van der Waals surface area (Å²) >= 11 is 0. The highest BCUT2D eigenvalue weighted by Gasteiger charge is 2.18. The fourth-order valence-corrected chi connectivity index (χ4v) is 2.79. The van der Waals surface area contributed by atoms with Gasteiger partial charge in [-0.2, -0.15) is 0 Å².